The number of rotatable bonds is 2. The van der Waals surface area contributed by atoms with E-state index in [1.165, 1.54) is 12.1 Å². The van der Waals surface area contributed by atoms with Gasteiger partial charge in [0.2, 0.25) is 5.94 Å². The zero-order valence-corrected chi connectivity index (χ0v) is 10.6. The highest BCUT2D eigenvalue weighted by Gasteiger charge is 2.20. The highest BCUT2D eigenvalue weighted by molar-refractivity contribution is 6.44. The topological polar surface area (TPSA) is 41.2 Å². The zero-order valence-electron chi connectivity index (χ0n) is 9.10. The maximum atomic E-state index is 11.1. The number of carbonyl (C=O) groups excluding carboxylic acids is 1. The van der Waals surface area contributed by atoms with Crippen molar-refractivity contribution < 1.29 is 14.5 Å². The van der Waals surface area contributed by atoms with Crippen molar-refractivity contribution in [3.8, 4) is 5.75 Å². The first-order chi connectivity index (χ1) is 8.65. The summed E-state index contributed by atoms with van der Waals surface area (Å²) in [5, 5.41) is 9.55. The summed E-state index contributed by atoms with van der Waals surface area (Å²) in [4.78, 5) is 11.1. The van der Waals surface area contributed by atoms with Crippen molar-refractivity contribution in [2.75, 3.05) is 0 Å². The molecule has 0 saturated heterocycles. The molecule has 90 valence electrons. The SMILES string of the molecule is O=C=C(c1ccc(O)c(Cl)c1Cl)[n+]1ccccc1. The van der Waals surface area contributed by atoms with E-state index >= 15 is 0 Å². The Bertz CT molecular complexity index is 635. The van der Waals surface area contributed by atoms with Gasteiger partial charge in [-0.05, 0) is 12.1 Å². The third-order valence-corrected chi connectivity index (χ3v) is 3.26. The van der Waals surface area contributed by atoms with Gasteiger partial charge in [-0.3, -0.25) is 0 Å². The van der Waals surface area contributed by atoms with Gasteiger partial charge in [0.05, 0.1) is 10.6 Å². The Morgan fingerprint density at radius 3 is 2.39 bits per heavy atom. The first-order valence-corrected chi connectivity index (χ1v) is 5.80. The Hall–Kier alpha value is -1.80. The van der Waals surface area contributed by atoms with Gasteiger partial charge in [-0.15, -0.1) is 0 Å². The lowest BCUT2D eigenvalue weighted by Gasteiger charge is -2.04. The van der Waals surface area contributed by atoms with Crippen LogP contribution in [0.3, 0.4) is 0 Å². The van der Waals surface area contributed by atoms with Crippen LogP contribution in [0.1, 0.15) is 5.56 Å². The van der Waals surface area contributed by atoms with E-state index in [1.807, 2.05) is 12.0 Å². The van der Waals surface area contributed by atoms with E-state index < -0.39 is 0 Å². The van der Waals surface area contributed by atoms with Gasteiger partial charge in [0, 0.05) is 12.1 Å². The molecule has 0 fully saturated rings. The number of phenolic OH excluding ortho intramolecular Hbond substituents is 1. The second kappa shape index (κ2) is 5.23. The number of benzene rings is 1. The van der Waals surface area contributed by atoms with Crippen LogP contribution < -0.4 is 4.57 Å². The highest BCUT2D eigenvalue weighted by atomic mass is 35.5. The Morgan fingerprint density at radius 1 is 1.11 bits per heavy atom. The lowest BCUT2D eigenvalue weighted by Crippen LogP contribution is -2.32. The van der Waals surface area contributed by atoms with E-state index in [1.54, 1.807) is 29.1 Å². The van der Waals surface area contributed by atoms with Crippen molar-refractivity contribution in [2.24, 2.45) is 0 Å². The van der Waals surface area contributed by atoms with Gasteiger partial charge in [0.15, 0.2) is 12.4 Å². The van der Waals surface area contributed by atoms with Crippen LogP contribution in [0.5, 0.6) is 5.75 Å². The number of hydrogen-bond donors (Lipinski definition) is 1. The number of nitrogens with zero attached hydrogens (tertiary/aromatic N) is 1. The number of aromatic nitrogens is 1. The fourth-order valence-electron chi connectivity index (χ4n) is 1.52. The van der Waals surface area contributed by atoms with Crippen molar-refractivity contribution >= 4 is 34.8 Å². The number of pyridine rings is 1. The summed E-state index contributed by atoms with van der Waals surface area (Å²) < 4.78 is 1.57. The van der Waals surface area contributed by atoms with Crippen LogP contribution in [0.4, 0.5) is 0 Å². The largest absolute Gasteiger partial charge is 0.506 e. The Kier molecular flexibility index (Phi) is 3.68. The van der Waals surface area contributed by atoms with Crippen LogP contribution in [0.25, 0.3) is 5.70 Å². The van der Waals surface area contributed by atoms with Crippen LogP contribution in [0.2, 0.25) is 10.0 Å². The molecule has 1 aromatic carbocycles. The minimum atomic E-state index is -0.131. The molecule has 0 atom stereocenters. The molecule has 0 spiro atoms. The third-order valence-electron chi connectivity index (χ3n) is 2.39. The van der Waals surface area contributed by atoms with Gasteiger partial charge in [-0.2, -0.15) is 4.57 Å². The van der Waals surface area contributed by atoms with Gasteiger partial charge < -0.3 is 5.11 Å². The lowest BCUT2D eigenvalue weighted by molar-refractivity contribution is -0.577. The van der Waals surface area contributed by atoms with Gasteiger partial charge in [-0.25, -0.2) is 4.79 Å². The van der Waals surface area contributed by atoms with E-state index in [0.29, 0.717) is 5.56 Å². The van der Waals surface area contributed by atoms with Crippen LogP contribution in [-0.4, -0.2) is 11.0 Å². The molecule has 0 saturated carbocycles. The first-order valence-electron chi connectivity index (χ1n) is 5.04. The summed E-state index contributed by atoms with van der Waals surface area (Å²) in [7, 11) is 0. The second-order valence-electron chi connectivity index (χ2n) is 3.49. The maximum absolute atomic E-state index is 11.1. The monoisotopic (exact) mass is 280 g/mol. The maximum Gasteiger partial charge on any atom is 0.303 e. The first kappa shape index (κ1) is 12.7. The fraction of sp³-hybridized carbons (Fsp3) is 0. The normalized spacial score (nSPS) is 9.89. The van der Waals surface area contributed by atoms with E-state index in [-0.39, 0.29) is 21.5 Å². The van der Waals surface area contributed by atoms with Gasteiger partial charge in [0.25, 0.3) is 0 Å². The van der Waals surface area contributed by atoms with Crippen molar-refractivity contribution in [1.82, 2.24) is 0 Å². The molecule has 0 aliphatic rings. The minimum Gasteiger partial charge on any atom is -0.506 e. The molecule has 0 aliphatic carbocycles. The molecular formula is C13H8Cl2NO2+. The van der Waals surface area contributed by atoms with E-state index in [0.717, 1.165) is 0 Å². The standard InChI is InChI=1S/C13H7Cl2NO2/c14-12-9(4-5-11(18)13(12)15)10(8-17)16-6-2-1-3-7-16/h1-7H/p+1. The summed E-state index contributed by atoms with van der Waals surface area (Å²) in [6, 6.07) is 8.26. The van der Waals surface area contributed by atoms with Crippen molar-refractivity contribution in [2.45, 2.75) is 0 Å². The third kappa shape index (κ3) is 2.24. The molecule has 0 unspecified atom stereocenters. The summed E-state index contributed by atoms with van der Waals surface area (Å²) >= 11 is 11.9. The van der Waals surface area contributed by atoms with Gasteiger partial charge >= 0.3 is 5.70 Å². The molecule has 5 heteroatoms. The molecular weight excluding hydrogens is 273 g/mol. The van der Waals surface area contributed by atoms with Crippen molar-refractivity contribution in [3.63, 3.8) is 0 Å². The summed E-state index contributed by atoms with van der Waals surface area (Å²) in [5.41, 5.74) is 0.633. The quantitative estimate of drug-likeness (QED) is 0.679. The van der Waals surface area contributed by atoms with Crippen LogP contribution in [0, 0.1) is 0 Å². The van der Waals surface area contributed by atoms with E-state index in [9.17, 15) is 9.90 Å². The number of hydrogen-bond acceptors (Lipinski definition) is 2. The van der Waals surface area contributed by atoms with Gasteiger partial charge in [-0.1, -0.05) is 29.3 Å². The minimum absolute atomic E-state index is 0.0125. The Balaban J connectivity index is 2.62. The number of halogens is 2. The summed E-state index contributed by atoms with van der Waals surface area (Å²) in [5.74, 6) is 1.70. The molecule has 1 heterocycles. The average Bonchev–Trinajstić information content (AvgIpc) is 2.41. The van der Waals surface area contributed by atoms with Crippen molar-refractivity contribution in [1.29, 1.82) is 0 Å². The molecule has 1 aromatic heterocycles. The molecule has 2 rings (SSSR count). The molecule has 2 aromatic rings. The fourth-order valence-corrected chi connectivity index (χ4v) is 1.93. The Morgan fingerprint density at radius 2 is 1.78 bits per heavy atom. The van der Waals surface area contributed by atoms with E-state index in [2.05, 4.69) is 0 Å². The molecule has 3 nitrogen and oxygen atoms in total. The molecule has 0 radical (unpaired) electrons. The van der Waals surface area contributed by atoms with Crippen molar-refractivity contribution in [3.05, 3.63) is 58.3 Å². The molecule has 1 N–H and O–H groups in total. The Labute approximate surface area is 114 Å². The average molecular weight is 281 g/mol. The van der Waals surface area contributed by atoms with E-state index in [4.69, 9.17) is 23.2 Å². The second-order valence-corrected chi connectivity index (χ2v) is 4.25. The lowest BCUT2D eigenvalue weighted by atomic mass is 10.1. The molecule has 0 bridgehead atoms. The number of aromatic hydroxyl groups is 1. The van der Waals surface area contributed by atoms with Crippen LogP contribution >= 0.6 is 23.2 Å². The molecule has 0 aliphatic heterocycles. The highest BCUT2D eigenvalue weighted by Crippen LogP contribution is 2.35. The molecule has 18 heavy (non-hydrogen) atoms. The summed E-state index contributed by atoms with van der Waals surface area (Å²) in [6.07, 6.45) is 3.38. The summed E-state index contributed by atoms with van der Waals surface area (Å²) in [6.45, 7) is 0. The predicted molar refractivity (Wildman–Crippen MR) is 69.3 cm³/mol. The van der Waals surface area contributed by atoms with Crippen LogP contribution in [-0.2, 0) is 4.79 Å². The van der Waals surface area contributed by atoms with Gasteiger partial charge in [0.1, 0.15) is 10.8 Å². The predicted octanol–water partition coefficient (Wildman–Crippen LogP) is 2.71. The number of phenols is 1. The smallest absolute Gasteiger partial charge is 0.303 e. The molecule has 0 amide bonds. The zero-order chi connectivity index (χ0) is 13.1. The van der Waals surface area contributed by atoms with Crippen LogP contribution in [0.15, 0.2) is 42.7 Å².